The van der Waals surface area contributed by atoms with Gasteiger partial charge in [-0.05, 0) is 6.42 Å². The second kappa shape index (κ2) is 5.22. The van der Waals surface area contributed by atoms with Gasteiger partial charge in [0.15, 0.2) is 0 Å². The Hall–Kier alpha value is -1.82. The summed E-state index contributed by atoms with van der Waals surface area (Å²) in [6, 6.07) is -0.0357. The molecule has 2 aromatic rings. The van der Waals surface area contributed by atoms with E-state index in [1.807, 2.05) is 6.92 Å². The van der Waals surface area contributed by atoms with E-state index < -0.39 is 0 Å². The molecule has 1 atom stereocenters. The van der Waals surface area contributed by atoms with Crippen molar-refractivity contribution in [1.82, 2.24) is 19.7 Å². The molecule has 6 nitrogen and oxygen atoms in total. The average molecular weight is 268 g/mol. The Labute approximate surface area is 109 Å². The van der Waals surface area contributed by atoms with Crippen molar-refractivity contribution in [1.29, 1.82) is 0 Å². The highest BCUT2D eigenvalue weighted by Gasteiger charge is 2.15. The first-order chi connectivity index (χ1) is 8.63. The minimum Gasteiger partial charge on any atom is -0.372 e. The van der Waals surface area contributed by atoms with Gasteiger partial charge in [-0.1, -0.05) is 18.5 Å². The highest BCUT2D eigenvalue weighted by atomic mass is 35.5. The molecule has 0 saturated carbocycles. The summed E-state index contributed by atoms with van der Waals surface area (Å²) in [6.45, 7) is 2.02. The van der Waals surface area contributed by atoms with Gasteiger partial charge in [-0.15, -0.1) is 0 Å². The maximum absolute atomic E-state index is 11.7. The van der Waals surface area contributed by atoms with Crippen molar-refractivity contribution in [3.05, 3.63) is 39.8 Å². The third-order valence-electron chi connectivity index (χ3n) is 2.67. The van der Waals surface area contributed by atoms with Crippen LogP contribution in [0.5, 0.6) is 0 Å². The summed E-state index contributed by atoms with van der Waals surface area (Å²) in [5, 5.41) is 7.24. The quantitative estimate of drug-likeness (QED) is 0.884. The summed E-state index contributed by atoms with van der Waals surface area (Å²) >= 11 is 5.99. The molecule has 2 rings (SSSR count). The number of aromatic nitrogens is 4. The second-order valence-electron chi connectivity index (χ2n) is 3.88. The van der Waals surface area contributed by atoms with Crippen molar-refractivity contribution in [2.24, 2.45) is 7.05 Å². The maximum atomic E-state index is 11.7. The maximum Gasteiger partial charge on any atom is 0.287 e. The number of hydrogen-bond acceptors (Lipinski definition) is 4. The van der Waals surface area contributed by atoms with Gasteiger partial charge < -0.3 is 10.3 Å². The fourth-order valence-electron chi connectivity index (χ4n) is 1.63. The Morgan fingerprint density at radius 3 is 3.00 bits per heavy atom. The number of nitrogens with one attached hydrogen (secondary N) is 2. The first-order valence-electron chi connectivity index (χ1n) is 5.61. The first kappa shape index (κ1) is 12.6. The molecule has 96 valence electrons. The van der Waals surface area contributed by atoms with Crippen LogP contribution in [0.25, 0.3) is 0 Å². The average Bonchev–Trinajstić information content (AvgIpc) is 2.89. The van der Waals surface area contributed by atoms with Gasteiger partial charge in [0.05, 0.1) is 17.9 Å². The van der Waals surface area contributed by atoms with E-state index >= 15 is 0 Å². The van der Waals surface area contributed by atoms with Gasteiger partial charge in [0.1, 0.15) is 10.8 Å². The molecular weight excluding hydrogens is 254 g/mol. The van der Waals surface area contributed by atoms with Gasteiger partial charge in [-0.25, -0.2) is 9.67 Å². The van der Waals surface area contributed by atoms with Crippen molar-refractivity contribution in [2.45, 2.75) is 19.4 Å². The Kier molecular flexibility index (Phi) is 3.66. The molecular formula is C11H14ClN5O. The third kappa shape index (κ3) is 2.38. The van der Waals surface area contributed by atoms with Crippen LogP contribution in [0.15, 0.2) is 23.4 Å². The molecule has 18 heavy (non-hydrogen) atoms. The summed E-state index contributed by atoms with van der Waals surface area (Å²) in [6.07, 6.45) is 5.78. The van der Waals surface area contributed by atoms with Gasteiger partial charge in [0.25, 0.3) is 5.56 Å². The smallest absolute Gasteiger partial charge is 0.287 e. The fraction of sp³-hybridized carbons (Fsp3) is 0.364. The monoisotopic (exact) mass is 267 g/mol. The molecule has 0 fully saturated rings. The minimum absolute atomic E-state index is 0.0357. The van der Waals surface area contributed by atoms with Crippen LogP contribution in [-0.2, 0) is 7.05 Å². The molecule has 2 heterocycles. The van der Waals surface area contributed by atoms with E-state index in [0.717, 1.165) is 12.2 Å². The van der Waals surface area contributed by atoms with Crippen LogP contribution in [0.3, 0.4) is 0 Å². The van der Waals surface area contributed by atoms with Gasteiger partial charge in [0.2, 0.25) is 0 Å². The number of aromatic amines is 1. The summed E-state index contributed by atoms with van der Waals surface area (Å²) in [7, 11) is 1.56. The zero-order valence-electron chi connectivity index (χ0n) is 10.1. The Bertz CT molecular complexity index is 578. The van der Waals surface area contributed by atoms with Crippen LogP contribution in [-0.4, -0.2) is 19.7 Å². The number of anilines is 1. The highest BCUT2D eigenvalue weighted by molar-refractivity contribution is 6.32. The normalized spacial score (nSPS) is 12.4. The van der Waals surface area contributed by atoms with Gasteiger partial charge in [-0.3, -0.25) is 4.79 Å². The molecule has 2 aromatic heterocycles. The van der Waals surface area contributed by atoms with Crippen molar-refractivity contribution in [3.63, 3.8) is 0 Å². The first-order valence-corrected chi connectivity index (χ1v) is 5.99. The summed E-state index contributed by atoms with van der Waals surface area (Å²) < 4.78 is 1.20. The summed E-state index contributed by atoms with van der Waals surface area (Å²) in [4.78, 5) is 18.9. The molecule has 0 aromatic carbocycles. The second-order valence-corrected chi connectivity index (χ2v) is 4.26. The SMILES string of the molecule is CCC(Nc1cnn(C)c(=O)c1Cl)c1ncc[nH]1. The fourth-order valence-corrected chi connectivity index (χ4v) is 1.86. The van der Waals surface area contributed by atoms with Gasteiger partial charge >= 0.3 is 0 Å². The van der Waals surface area contributed by atoms with Crippen LogP contribution in [0, 0.1) is 0 Å². The van der Waals surface area contributed by atoms with E-state index in [9.17, 15) is 4.79 Å². The van der Waals surface area contributed by atoms with E-state index in [2.05, 4.69) is 20.4 Å². The van der Waals surface area contributed by atoms with Crippen molar-refractivity contribution >= 4 is 17.3 Å². The molecule has 7 heteroatoms. The van der Waals surface area contributed by atoms with E-state index in [4.69, 9.17) is 11.6 Å². The van der Waals surface area contributed by atoms with E-state index in [1.54, 1.807) is 19.4 Å². The number of H-pyrrole nitrogens is 1. The number of hydrogen-bond donors (Lipinski definition) is 2. The van der Waals surface area contributed by atoms with Crippen LogP contribution < -0.4 is 10.9 Å². The lowest BCUT2D eigenvalue weighted by molar-refractivity contribution is 0.686. The molecule has 0 amide bonds. The predicted octanol–water partition coefficient (Wildman–Crippen LogP) is 1.72. The predicted molar refractivity (Wildman–Crippen MR) is 69.7 cm³/mol. The molecule has 0 aliphatic heterocycles. The molecule has 0 bridgehead atoms. The molecule has 0 spiro atoms. The van der Waals surface area contributed by atoms with Crippen LogP contribution in [0.4, 0.5) is 5.69 Å². The third-order valence-corrected chi connectivity index (χ3v) is 3.03. The Morgan fingerprint density at radius 1 is 1.61 bits per heavy atom. The number of aryl methyl sites for hydroxylation is 1. The Morgan fingerprint density at radius 2 is 2.39 bits per heavy atom. The topological polar surface area (TPSA) is 75.6 Å². The summed E-state index contributed by atoms with van der Waals surface area (Å²) in [5.74, 6) is 0.800. The van der Waals surface area contributed by atoms with E-state index in [0.29, 0.717) is 5.69 Å². The highest BCUT2D eigenvalue weighted by Crippen LogP contribution is 2.23. The standard InChI is InChI=1S/C11H14ClN5O/c1-3-7(10-13-4-5-14-10)16-8-6-15-17(2)11(18)9(8)12/h4-7,16H,3H2,1-2H3,(H,13,14). The van der Waals surface area contributed by atoms with E-state index in [-0.39, 0.29) is 16.6 Å². The Balaban J connectivity index is 2.28. The molecule has 1 unspecified atom stereocenters. The largest absolute Gasteiger partial charge is 0.372 e. The minimum atomic E-state index is -0.323. The zero-order chi connectivity index (χ0) is 13.1. The van der Waals surface area contributed by atoms with Gasteiger partial charge in [0, 0.05) is 19.4 Å². The van der Waals surface area contributed by atoms with Crippen LogP contribution in [0.2, 0.25) is 5.02 Å². The molecule has 0 radical (unpaired) electrons. The number of halogens is 1. The number of nitrogens with zero attached hydrogens (tertiary/aromatic N) is 3. The van der Waals surface area contributed by atoms with Crippen molar-refractivity contribution < 1.29 is 0 Å². The molecule has 0 aliphatic carbocycles. The summed E-state index contributed by atoms with van der Waals surface area (Å²) in [5.41, 5.74) is 0.194. The van der Waals surface area contributed by atoms with Crippen LogP contribution in [0.1, 0.15) is 25.2 Å². The van der Waals surface area contributed by atoms with E-state index in [1.165, 1.54) is 10.9 Å². The van der Waals surface area contributed by atoms with Crippen molar-refractivity contribution in [3.8, 4) is 0 Å². The number of rotatable bonds is 4. The van der Waals surface area contributed by atoms with Gasteiger partial charge in [-0.2, -0.15) is 5.10 Å². The number of imidazole rings is 1. The van der Waals surface area contributed by atoms with Crippen LogP contribution >= 0.6 is 11.6 Å². The zero-order valence-corrected chi connectivity index (χ0v) is 10.9. The van der Waals surface area contributed by atoms with Crippen molar-refractivity contribution in [2.75, 3.05) is 5.32 Å². The lowest BCUT2D eigenvalue weighted by Gasteiger charge is -2.16. The molecule has 2 N–H and O–H groups in total. The molecule has 0 aliphatic rings. The lowest BCUT2D eigenvalue weighted by atomic mass is 10.2. The molecule has 0 saturated heterocycles. The lowest BCUT2D eigenvalue weighted by Crippen LogP contribution is -2.22.